The number of nitrogens with zero attached hydrogens (tertiary/aromatic N) is 3. The van der Waals surface area contributed by atoms with Crippen molar-refractivity contribution in [2.75, 3.05) is 0 Å². The molecule has 1 heterocycles. The molecule has 0 aliphatic heterocycles. The Hall–Kier alpha value is -0.980. The molecule has 0 amide bonds. The van der Waals surface area contributed by atoms with Gasteiger partial charge in [-0.05, 0) is 6.42 Å². The molecule has 86 valence electrons. The third-order valence-electron chi connectivity index (χ3n) is 2.54. The molecule has 0 fully saturated rings. The minimum atomic E-state index is -4.79. The first-order valence-electron chi connectivity index (χ1n) is 4.54. The van der Waals surface area contributed by atoms with Crippen LogP contribution < -0.4 is 0 Å². The third kappa shape index (κ3) is 2.17. The lowest BCUT2D eigenvalue weighted by Gasteiger charge is -2.20. The van der Waals surface area contributed by atoms with Gasteiger partial charge < -0.3 is 4.57 Å². The molecule has 15 heavy (non-hydrogen) atoms. The molecule has 0 radical (unpaired) electrons. The zero-order valence-electron chi connectivity index (χ0n) is 9.15. The van der Waals surface area contributed by atoms with E-state index in [1.807, 2.05) is 20.8 Å². The van der Waals surface area contributed by atoms with Gasteiger partial charge in [0.2, 0.25) is 0 Å². The second kappa shape index (κ2) is 3.55. The van der Waals surface area contributed by atoms with Crippen LogP contribution in [0, 0.1) is 0 Å². The maximum absolute atomic E-state index is 12.7. The van der Waals surface area contributed by atoms with E-state index in [1.165, 1.54) is 11.6 Å². The molecule has 5 nitrogen and oxygen atoms in total. The second-order valence-electron chi connectivity index (χ2n) is 4.04. The van der Waals surface area contributed by atoms with Gasteiger partial charge in [0, 0.05) is 12.5 Å². The molecular weight excluding hydrogens is 221 g/mol. The first-order chi connectivity index (χ1) is 6.70. The fourth-order valence-corrected chi connectivity index (χ4v) is 1.83. The molecule has 0 aliphatic carbocycles. The fraction of sp³-hybridized carbons (Fsp3) is 0.750. The predicted octanol–water partition coefficient (Wildman–Crippen LogP) is 1.16. The van der Waals surface area contributed by atoms with Crippen LogP contribution in [0.4, 0.5) is 3.89 Å². The highest BCUT2D eigenvalue weighted by Crippen LogP contribution is 2.26. The number of hydrogen-bond donors (Lipinski definition) is 0. The molecule has 0 aliphatic rings. The lowest BCUT2D eigenvalue weighted by molar-refractivity contribution is 0.448. The Morgan fingerprint density at radius 2 is 1.93 bits per heavy atom. The van der Waals surface area contributed by atoms with E-state index in [2.05, 4.69) is 10.2 Å². The average Bonchev–Trinajstić information content (AvgIpc) is 2.46. The van der Waals surface area contributed by atoms with Crippen LogP contribution in [0.1, 0.15) is 33.0 Å². The molecular formula is C8H14FN3O2S. The molecule has 0 atom stereocenters. The van der Waals surface area contributed by atoms with E-state index in [9.17, 15) is 12.3 Å². The van der Waals surface area contributed by atoms with Gasteiger partial charge in [-0.15, -0.1) is 10.2 Å². The van der Waals surface area contributed by atoms with Crippen molar-refractivity contribution in [1.29, 1.82) is 0 Å². The zero-order valence-corrected chi connectivity index (χ0v) is 9.97. The van der Waals surface area contributed by atoms with Crippen molar-refractivity contribution < 1.29 is 12.3 Å². The second-order valence-corrected chi connectivity index (χ2v) is 5.28. The molecule has 0 bridgehead atoms. The fourth-order valence-electron chi connectivity index (χ4n) is 1.27. The summed E-state index contributed by atoms with van der Waals surface area (Å²) in [5.41, 5.74) is -0.329. The summed E-state index contributed by atoms with van der Waals surface area (Å²) in [6.45, 7) is 5.73. The quantitative estimate of drug-likeness (QED) is 0.737. The minimum Gasteiger partial charge on any atom is -0.302 e. The molecule has 0 spiro atoms. The Morgan fingerprint density at radius 3 is 2.27 bits per heavy atom. The molecule has 0 unspecified atom stereocenters. The van der Waals surface area contributed by atoms with Gasteiger partial charge in [-0.1, -0.05) is 24.7 Å². The van der Waals surface area contributed by atoms with Crippen LogP contribution in [0.2, 0.25) is 0 Å². The van der Waals surface area contributed by atoms with Crippen molar-refractivity contribution in [3.63, 3.8) is 0 Å². The molecule has 7 heteroatoms. The van der Waals surface area contributed by atoms with Gasteiger partial charge >= 0.3 is 10.2 Å². The number of halogens is 1. The largest absolute Gasteiger partial charge is 0.368 e. The van der Waals surface area contributed by atoms with Crippen LogP contribution >= 0.6 is 0 Å². The van der Waals surface area contributed by atoms with Crippen LogP contribution in [0.3, 0.4) is 0 Å². The smallest absolute Gasteiger partial charge is 0.302 e. The number of aromatic nitrogens is 3. The summed E-state index contributed by atoms with van der Waals surface area (Å²) >= 11 is 0. The summed E-state index contributed by atoms with van der Waals surface area (Å²) in [6.07, 6.45) is 0.755. The van der Waals surface area contributed by atoms with E-state index in [-0.39, 0.29) is 5.41 Å². The Bertz CT molecular complexity index is 464. The lowest BCUT2D eigenvalue weighted by atomic mass is 9.89. The maximum atomic E-state index is 12.7. The summed E-state index contributed by atoms with van der Waals surface area (Å²) in [5.74, 6) is 0.459. The van der Waals surface area contributed by atoms with Crippen LogP contribution in [-0.4, -0.2) is 23.2 Å². The summed E-state index contributed by atoms with van der Waals surface area (Å²) in [6, 6.07) is 0. The van der Waals surface area contributed by atoms with Crippen LogP contribution in [0.25, 0.3) is 0 Å². The van der Waals surface area contributed by atoms with E-state index in [4.69, 9.17) is 0 Å². The van der Waals surface area contributed by atoms with E-state index >= 15 is 0 Å². The summed E-state index contributed by atoms with van der Waals surface area (Å²) in [4.78, 5) is 0. The van der Waals surface area contributed by atoms with E-state index in [1.54, 1.807) is 0 Å². The van der Waals surface area contributed by atoms with Crippen molar-refractivity contribution in [3.8, 4) is 0 Å². The number of hydrogen-bond acceptors (Lipinski definition) is 4. The van der Waals surface area contributed by atoms with E-state index < -0.39 is 15.4 Å². The highest BCUT2D eigenvalue weighted by molar-refractivity contribution is 7.86. The zero-order chi connectivity index (χ0) is 11.9. The summed E-state index contributed by atoms with van der Waals surface area (Å²) in [7, 11) is -3.35. The first kappa shape index (κ1) is 12.1. The average molecular weight is 235 g/mol. The summed E-state index contributed by atoms with van der Waals surface area (Å²) < 4.78 is 35.3. The van der Waals surface area contributed by atoms with Gasteiger partial charge in [-0.3, -0.25) is 0 Å². The van der Waals surface area contributed by atoms with Crippen LogP contribution in [-0.2, 0) is 22.7 Å². The number of rotatable bonds is 3. The Labute approximate surface area is 88.5 Å². The molecule has 1 rings (SSSR count). The normalized spacial score (nSPS) is 13.1. The highest BCUT2D eigenvalue weighted by Gasteiger charge is 2.29. The van der Waals surface area contributed by atoms with Crippen LogP contribution in [0.15, 0.2) is 5.16 Å². The van der Waals surface area contributed by atoms with Gasteiger partial charge in [-0.2, -0.15) is 8.42 Å². The van der Waals surface area contributed by atoms with E-state index in [0.717, 1.165) is 6.42 Å². The van der Waals surface area contributed by atoms with Gasteiger partial charge in [0.15, 0.2) is 0 Å². The van der Waals surface area contributed by atoms with Crippen LogP contribution in [0.5, 0.6) is 0 Å². The topological polar surface area (TPSA) is 64.8 Å². The first-order valence-corrected chi connectivity index (χ1v) is 5.93. The molecule has 0 saturated carbocycles. The molecule has 0 saturated heterocycles. The Morgan fingerprint density at radius 1 is 1.40 bits per heavy atom. The molecule has 1 aromatic rings. The third-order valence-corrected chi connectivity index (χ3v) is 3.33. The minimum absolute atomic E-state index is 0.329. The van der Waals surface area contributed by atoms with Crippen molar-refractivity contribution in [3.05, 3.63) is 5.82 Å². The van der Waals surface area contributed by atoms with Gasteiger partial charge in [0.1, 0.15) is 5.82 Å². The Balaban J connectivity index is 3.34. The van der Waals surface area contributed by atoms with Gasteiger partial charge in [0.05, 0.1) is 0 Å². The monoisotopic (exact) mass is 235 g/mol. The molecule has 0 aromatic carbocycles. The van der Waals surface area contributed by atoms with Gasteiger partial charge in [0.25, 0.3) is 5.16 Å². The molecule has 1 aromatic heterocycles. The highest BCUT2D eigenvalue weighted by atomic mass is 32.3. The lowest BCUT2D eigenvalue weighted by Crippen LogP contribution is -2.21. The predicted molar refractivity (Wildman–Crippen MR) is 52.6 cm³/mol. The van der Waals surface area contributed by atoms with Crippen molar-refractivity contribution in [2.24, 2.45) is 7.05 Å². The maximum Gasteiger partial charge on any atom is 0.368 e. The van der Waals surface area contributed by atoms with Crippen molar-refractivity contribution >= 4 is 10.2 Å². The SMILES string of the molecule is CCC(C)(C)c1nnc(S(=O)(=O)F)n1C. The summed E-state index contributed by atoms with van der Waals surface area (Å²) in [5, 5.41) is 6.43. The van der Waals surface area contributed by atoms with Crippen molar-refractivity contribution in [1.82, 2.24) is 14.8 Å². The Kier molecular flexibility index (Phi) is 2.86. The van der Waals surface area contributed by atoms with Crippen molar-refractivity contribution in [2.45, 2.75) is 37.8 Å². The molecule has 0 N–H and O–H groups in total. The standard InChI is InChI=1S/C8H14FN3O2S/c1-5-8(2,3)6-10-11-7(12(6)4)15(9,13)14/h5H2,1-4H3. The van der Waals surface area contributed by atoms with E-state index in [0.29, 0.717) is 5.82 Å². The van der Waals surface area contributed by atoms with Gasteiger partial charge in [-0.25, -0.2) is 0 Å².